The van der Waals surface area contributed by atoms with Gasteiger partial charge in [0.05, 0.1) is 11.3 Å². The van der Waals surface area contributed by atoms with Crippen LogP contribution in [0.5, 0.6) is 0 Å². The lowest BCUT2D eigenvalue weighted by molar-refractivity contribution is -0.138. The number of halogens is 3. The van der Waals surface area contributed by atoms with E-state index in [2.05, 4.69) is 24.7 Å². The molecule has 3 heterocycles. The zero-order valence-electron chi connectivity index (χ0n) is 23.0. The number of hydrogen-bond acceptors (Lipinski definition) is 6. The zero-order valence-corrected chi connectivity index (χ0v) is 23.0. The van der Waals surface area contributed by atoms with E-state index in [0.717, 1.165) is 6.07 Å². The van der Waals surface area contributed by atoms with Gasteiger partial charge in [0.1, 0.15) is 5.82 Å². The Bertz CT molecular complexity index is 1850. The van der Waals surface area contributed by atoms with Crippen molar-refractivity contribution in [1.82, 2.24) is 29.3 Å². The lowest BCUT2D eigenvalue weighted by Gasteiger charge is -2.20. The van der Waals surface area contributed by atoms with E-state index in [1.807, 2.05) is 20.8 Å². The third kappa shape index (κ3) is 5.21. The Morgan fingerprint density at radius 3 is 2.44 bits per heavy atom. The van der Waals surface area contributed by atoms with Crippen LogP contribution in [0, 0.1) is 6.92 Å². The molecule has 2 aromatic carbocycles. The Hall–Kier alpha value is -4.48. The fourth-order valence-corrected chi connectivity index (χ4v) is 5.12. The first kappa shape index (κ1) is 28.1. The van der Waals surface area contributed by atoms with Gasteiger partial charge in [-0.05, 0) is 49.4 Å². The molecule has 9 nitrogen and oxygen atoms in total. The molecule has 1 atom stereocenters. The van der Waals surface area contributed by atoms with Crippen LogP contribution in [0.25, 0.3) is 28.3 Å². The van der Waals surface area contributed by atoms with E-state index in [4.69, 9.17) is 0 Å². The SMILES string of the molecule is CCCc1c(Cc2ccc(-c3ccccc3-c3noc(=O)[nH]3)cc2C(F)(F)F)c(=O)n(C(C)CC)c2nc(C)nn12. The number of alkyl halides is 3. The number of nitrogens with one attached hydrogen (secondary N) is 1. The van der Waals surface area contributed by atoms with Crippen molar-refractivity contribution in [2.75, 3.05) is 0 Å². The van der Waals surface area contributed by atoms with Crippen LogP contribution in [0.3, 0.4) is 0 Å². The summed E-state index contributed by atoms with van der Waals surface area (Å²) < 4.78 is 51.4. The largest absolute Gasteiger partial charge is 0.439 e. The Labute approximate surface area is 232 Å². The van der Waals surface area contributed by atoms with Crippen molar-refractivity contribution in [3.63, 3.8) is 0 Å². The van der Waals surface area contributed by atoms with Gasteiger partial charge in [-0.25, -0.2) is 9.31 Å². The van der Waals surface area contributed by atoms with Gasteiger partial charge in [-0.1, -0.05) is 61.8 Å². The van der Waals surface area contributed by atoms with Crippen LogP contribution < -0.4 is 11.3 Å². The van der Waals surface area contributed by atoms with Gasteiger partial charge in [-0.3, -0.25) is 18.9 Å². The molecule has 0 bridgehead atoms. The van der Waals surface area contributed by atoms with Gasteiger partial charge in [-0.15, -0.1) is 0 Å². The molecule has 12 heteroatoms. The van der Waals surface area contributed by atoms with E-state index < -0.39 is 17.5 Å². The second-order valence-corrected chi connectivity index (χ2v) is 10.0. The number of aromatic amines is 1. The molecule has 0 saturated carbocycles. The van der Waals surface area contributed by atoms with Crippen molar-refractivity contribution in [3.05, 3.63) is 91.6 Å². The van der Waals surface area contributed by atoms with E-state index in [1.165, 1.54) is 10.6 Å². The molecule has 214 valence electrons. The van der Waals surface area contributed by atoms with E-state index in [1.54, 1.807) is 41.8 Å². The summed E-state index contributed by atoms with van der Waals surface area (Å²) in [5.74, 6) is 0.201. The van der Waals surface area contributed by atoms with Crippen LogP contribution in [0.1, 0.15) is 67.9 Å². The predicted octanol–water partition coefficient (Wildman–Crippen LogP) is 5.74. The molecule has 5 aromatic rings. The molecule has 0 aliphatic rings. The second kappa shape index (κ2) is 10.8. The molecular formula is C29H29F3N6O3. The van der Waals surface area contributed by atoms with E-state index in [9.17, 15) is 22.8 Å². The number of fused-ring (bicyclic) bond motifs is 1. The summed E-state index contributed by atoms with van der Waals surface area (Å²) in [6.45, 7) is 7.48. The first-order valence-electron chi connectivity index (χ1n) is 13.4. The summed E-state index contributed by atoms with van der Waals surface area (Å²) in [7, 11) is 0. The predicted molar refractivity (Wildman–Crippen MR) is 147 cm³/mol. The Kier molecular flexibility index (Phi) is 7.41. The quantitative estimate of drug-likeness (QED) is 0.256. The zero-order chi connectivity index (χ0) is 29.5. The van der Waals surface area contributed by atoms with E-state index in [0.29, 0.717) is 47.7 Å². The van der Waals surface area contributed by atoms with Crippen molar-refractivity contribution in [2.45, 2.75) is 65.6 Å². The van der Waals surface area contributed by atoms with Crippen molar-refractivity contribution in [3.8, 4) is 22.5 Å². The highest BCUT2D eigenvalue weighted by molar-refractivity contribution is 5.80. The Morgan fingerprint density at radius 2 is 1.80 bits per heavy atom. The highest BCUT2D eigenvalue weighted by Gasteiger charge is 2.35. The number of rotatable bonds is 8. The topological polar surface area (TPSA) is 111 Å². The van der Waals surface area contributed by atoms with E-state index >= 15 is 0 Å². The van der Waals surface area contributed by atoms with Crippen LogP contribution in [0.15, 0.2) is 56.6 Å². The Balaban J connectivity index is 1.70. The third-order valence-electron chi connectivity index (χ3n) is 7.23. The summed E-state index contributed by atoms with van der Waals surface area (Å²) in [5, 5.41) is 8.20. The summed E-state index contributed by atoms with van der Waals surface area (Å²) in [4.78, 5) is 32.3. The van der Waals surface area contributed by atoms with Gasteiger partial charge < -0.3 is 0 Å². The maximum Gasteiger partial charge on any atom is 0.439 e. The minimum Gasteiger partial charge on any atom is -0.296 e. The second-order valence-electron chi connectivity index (χ2n) is 10.0. The smallest absolute Gasteiger partial charge is 0.296 e. The number of H-pyrrole nitrogens is 1. The third-order valence-corrected chi connectivity index (χ3v) is 7.23. The van der Waals surface area contributed by atoms with Crippen LogP contribution >= 0.6 is 0 Å². The molecular weight excluding hydrogens is 537 g/mol. The summed E-state index contributed by atoms with van der Waals surface area (Å²) in [6.07, 6.45) is -3.18. The molecule has 1 unspecified atom stereocenters. The Morgan fingerprint density at radius 1 is 1.07 bits per heavy atom. The van der Waals surface area contributed by atoms with Crippen LogP contribution in [-0.2, 0) is 19.0 Å². The molecule has 5 rings (SSSR count). The molecule has 1 N–H and O–H groups in total. The number of hydrogen-bond donors (Lipinski definition) is 1. The van der Waals surface area contributed by atoms with Gasteiger partial charge in [0.2, 0.25) is 5.78 Å². The number of benzene rings is 2. The van der Waals surface area contributed by atoms with Crippen molar-refractivity contribution >= 4 is 5.78 Å². The first-order valence-corrected chi connectivity index (χ1v) is 13.4. The lowest BCUT2D eigenvalue weighted by atomic mass is 9.92. The maximum absolute atomic E-state index is 14.6. The molecule has 0 fully saturated rings. The molecule has 0 radical (unpaired) electrons. The number of nitrogens with zero attached hydrogens (tertiary/aromatic N) is 5. The highest BCUT2D eigenvalue weighted by Crippen LogP contribution is 2.38. The average molecular weight is 567 g/mol. The highest BCUT2D eigenvalue weighted by atomic mass is 19.4. The van der Waals surface area contributed by atoms with Gasteiger partial charge in [0, 0.05) is 23.6 Å². The van der Waals surface area contributed by atoms with Gasteiger partial charge in [0.25, 0.3) is 5.56 Å². The molecule has 0 saturated heterocycles. The fourth-order valence-electron chi connectivity index (χ4n) is 5.12. The van der Waals surface area contributed by atoms with Gasteiger partial charge >= 0.3 is 11.9 Å². The minimum absolute atomic E-state index is 0.0325. The van der Waals surface area contributed by atoms with Gasteiger partial charge in [0.15, 0.2) is 5.82 Å². The van der Waals surface area contributed by atoms with Crippen LogP contribution in [0.4, 0.5) is 13.2 Å². The van der Waals surface area contributed by atoms with Gasteiger partial charge in [-0.2, -0.15) is 23.3 Å². The van der Waals surface area contributed by atoms with Crippen molar-refractivity contribution < 1.29 is 17.7 Å². The lowest BCUT2D eigenvalue weighted by Crippen LogP contribution is -2.31. The number of aryl methyl sites for hydroxylation is 2. The van der Waals surface area contributed by atoms with E-state index in [-0.39, 0.29) is 40.5 Å². The standard InChI is InChI=1S/C29H29F3N6O3/c1-5-9-24-22(26(39)37(16(3)6-2)27-33-17(4)35-38(24)27)14-19-13-12-18(15-23(19)29(30,31)32)20-10-7-8-11-21(20)25-34-28(40)41-36-25/h7-8,10-13,15-16H,5-6,9,14H2,1-4H3,(H,34,36,40). The van der Waals surface area contributed by atoms with Crippen molar-refractivity contribution in [1.29, 1.82) is 0 Å². The number of aromatic nitrogens is 6. The molecule has 0 aliphatic carbocycles. The fraction of sp³-hybridized carbons (Fsp3) is 0.345. The molecule has 41 heavy (non-hydrogen) atoms. The molecule has 0 spiro atoms. The summed E-state index contributed by atoms with van der Waals surface area (Å²) >= 11 is 0. The monoisotopic (exact) mass is 566 g/mol. The maximum atomic E-state index is 14.6. The molecule has 0 aliphatic heterocycles. The first-order chi connectivity index (χ1) is 19.5. The molecule has 0 amide bonds. The molecule has 3 aromatic heterocycles. The summed E-state index contributed by atoms with van der Waals surface area (Å²) in [5.41, 5.74) is 0.690. The normalized spacial score (nSPS) is 12.8. The van der Waals surface area contributed by atoms with Crippen LogP contribution in [-0.4, -0.2) is 29.3 Å². The van der Waals surface area contributed by atoms with Crippen molar-refractivity contribution in [2.24, 2.45) is 0 Å². The van der Waals surface area contributed by atoms with Crippen LogP contribution in [0.2, 0.25) is 0 Å². The average Bonchev–Trinajstić information content (AvgIpc) is 3.55. The minimum atomic E-state index is -4.70. The summed E-state index contributed by atoms with van der Waals surface area (Å²) in [6, 6.07) is 10.5.